The van der Waals surface area contributed by atoms with Crippen LogP contribution in [0.4, 0.5) is 5.82 Å². The molecule has 6 nitrogen and oxygen atoms in total. The Morgan fingerprint density at radius 3 is 2.70 bits per heavy atom. The largest absolute Gasteiger partial charge is 0.379 e. The Morgan fingerprint density at radius 1 is 1.40 bits per heavy atom. The van der Waals surface area contributed by atoms with Crippen LogP contribution in [-0.2, 0) is 7.05 Å². The van der Waals surface area contributed by atoms with Crippen molar-refractivity contribution in [2.24, 2.45) is 7.05 Å². The lowest BCUT2D eigenvalue weighted by Gasteiger charge is -2.31. The van der Waals surface area contributed by atoms with Crippen molar-refractivity contribution in [3.63, 3.8) is 0 Å². The van der Waals surface area contributed by atoms with E-state index < -0.39 is 10.6 Å². The summed E-state index contributed by atoms with van der Waals surface area (Å²) in [5.74, 6) is 0.164. The molecule has 1 aromatic carbocycles. The molecule has 0 radical (unpaired) electrons. The first kappa shape index (κ1) is 14.6. The van der Waals surface area contributed by atoms with Crippen LogP contribution in [0.2, 0.25) is 0 Å². The molecule has 0 bridgehead atoms. The van der Waals surface area contributed by atoms with Gasteiger partial charge in [0, 0.05) is 24.6 Å². The lowest BCUT2D eigenvalue weighted by atomic mass is 10.1. The second kappa shape index (κ2) is 5.28. The van der Waals surface area contributed by atoms with Crippen molar-refractivity contribution >= 4 is 16.4 Å². The Balaban J connectivity index is 2.55. The molecule has 2 rings (SSSR count). The minimum Gasteiger partial charge on any atom is -0.379 e. The van der Waals surface area contributed by atoms with E-state index in [2.05, 4.69) is 4.98 Å². The molecule has 0 fully saturated rings. The highest BCUT2D eigenvalue weighted by molar-refractivity contribution is 8.24. The number of nitrogen functional groups attached to an aromatic ring is 1. The van der Waals surface area contributed by atoms with Gasteiger partial charge in [-0.25, -0.2) is 4.98 Å². The molecule has 0 spiro atoms. The van der Waals surface area contributed by atoms with Crippen LogP contribution in [0, 0.1) is 0 Å². The first-order valence-electron chi connectivity index (χ1n) is 6.04. The van der Waals surface area contributed by atoms with Crippen molar-refractivity contribution in [1.29, 1.82) is 0 Å². The predicted molar refractivity (Wildman–Crippen MR) is 81.0 cm³/mol. The van der Waals surface area contributed by atoms with Crippen molar-refractivity contribution in [2.45, 2.75) is 11.8 Å². The van der Waals surface area contributed by atoms with Crippen molar-refractivity contribution in [1.82, 2.24) is 9.55 Å². The van der Waals surface area contributed by atoms with Crippen molar-refractivity contribution in [3.8, 4) is 11.3 Å². The lowest BCUT2D eigenvalue weighted by molar-refractivity contribution is 0.488. The molecule has 0 saturated heterocycles. The molecule has 7 heteroatoms. The second-order valence-electron chi connectivity index (χ2n) is 4.41. The molecule has 0 unspecified atom stereocenters. The standard InChI is InChI=1S/C13H17N3O3S/c1-3-20(18,19)10-6-4-5-9(7-10)11-8-16(2)13(17)12(14)15-11/h4-8,18-19H,3H2,1-2H3,(H2,14,15). The van der Waals surface area contributed by atoms with Gasteiger partial charge in [0.25, 0.3) is 5.56 Å². The number of benzene rings is 1. The Labute approximate surface area is 118 Å². The summed E-state index contributed by atoms with van der Waals surface area (Å²) < 4.78 is 21.3. The van der Waals surface area contributed by atoms with Crippen LogP contribution >= 0.6 is 10.6 Å². The summed E-state index contributed by atoms with van der Waals surface area (Å²) in [6, 6.07) is 6.82. The van der Waals surface area contributed by atoms with E-state index in [0.29, 0.717) is 16.2 Å². The van der Waals surface area contributed by atoms with Gasteiger partial charge in [0.1, 0.15) is 0 Å². The van der Waals surface area contributed by atoms with Gasteiger partial charge in [0.2, 0.25) is 0 Å². The van der Waals surface area contributed by atoms with Gasteiger partial charge >= 0.3 is 0 Å². The van der Waals surface area contributed by atoms with Crippen LogP contribution in [0.25, 0.3) is 11.3 Å². The van der Waals surface area contributed by atoms with E-state index in [4.69, 9.17) is 5.73 Å². The number of anilines is 1. The number of nitrogens with two attached hydrogens (primary N) is 1. The highest BCUT2D eigenvalue weighted by atomic mass is 32.3. The van der Waals surface area contributed by atoms with Crippen molar-refractivity contribution in [2.75, 3.05) is 11.5 Å². The Morgan fingerprint density at radius 2 is 2.10 bits per heavy atom. The SMILES string of the molecule is CCS(O)(O)c1cccc(-c2cn(C)c(=O)c(N)n2)c1. The molecule has 1 aromatic heterocycles. The highest BCUT2D eigenvalue weighted by Gasteiger charge is 2.14. The fourth-order valence-electron chi connectivity index (χ4n) is 1.79. The maximum absolute atomic E-state index is 11.5. The fraction of sp³-hybridized carbons (Fsp3) is 0.231. The molecule has 0 aliphatic carbocycles. The van der Waals surface area contributed by atoms with Crippen LogP contribution in [0.1, 0.15) is 6.92 Å². The third-order valence-electron chi connectivity index (χ3n) is 3.01. The number of hydrogen-bond acceptors (Lipinski definition) is 5. The summed E-state index contributed by atoms with van der Waals surface area (Å²) in [6.45, 7) is 1.71. The van der Waals surface area contributed by atoms with Crippen LogP contribution in [0.15, 0.2) is 40.2 Å². The molecule has 0 amide bonds. The topological polar surface area (TPSA) is 101 Å². The van der Waals surface area contributed by atoms with Gasteiger partial charge in [-0.05, 0) is 19.1 Å². The van der Waals surface area contributed by atoms with E-state index in [1.165, 1.54) is 4.57 Å². The monoisotopic (exact) mass is 295 g/mol. The van der Waals surface area contributed by atoms with Crippen molar-refractivity contribution < 1.29 is 9.11 Å². The Kier molecular flexibility index (Phi) is 3.85. The second-order valence-corrected chi connectivity index (χ2v) is 6.79. The third-order valence-corrected chi connectivity index (χ3v) is 4.82. The van der Waals surface area contributed by atoms with Crippen molar-refractivity contribution in [3.05, 3.63) is 40.8 Å². The summed E-state index contributed by atoms with van der Waals surface area (Å²) in [5, 5.41) is 0. The molecule has 20 heavy (non-hydrogen) atoms. The van der Waals surface area contributed by atoms with Crippen LogP contribution in [0.3, 0.4) is 0 Å². The maximum Gasteiger partial charge on any atom is 0.292 e. The predicted octanol–water partition coefficient (Wildman–Crippen LogP) is 2.16. The molecule has 0 saturated carbocycles. The van der Waals surface area contributed by atoms with Gasteiger partial charge in [-0.1, -0.05) is 12.1 Å². The third kappa shape index (κ3) is 2.69. The zero-order valence-electron chi connectivity index (χ0n) is 11.3. The van der Waals surface area contributed by atoms with E-state index in [0.717, 1.165) is 0 Å². The Hall–Kier alpha value is -1.83. The van der Waals surface area contributed by atoms with Gasteiger partial charge in [0.05, 0.1) is 10.6 Å². The molecule has 108 valence electrons. The summed E-state index contributed by atoms with van der Waals surface area (Å²) in [5.41, 5.74) is 6.40. The van der Waals surface area contributed by atoms with Gasteiger partial charge in [-0.2, -0.15) is 10.6 Å². The fourth-order valence-corrected chi connectivity index (χ4v) is 2.74. The average molecular weight is 295 g/mol. The summed E-state index contributed by atoms with van der Waals surface area (Å²) >= 11 is 0. The van der Waals surface area contributed by atoms with Gasteiger partial charge in [-0.15, -0.1) is 0 Å². The number of nitrogens with zero attached hydrogens (tertiary/aromatic N) is 2. The van der Waals surface area contributed by atoms with Gasteiger partial charge in [0.15, 0.2) is 5.82 Å². The molecule has 2 aromatic rings. The first-order chi connectivity index (χ1) is 9.35. The molecule has 1 heterocycles. The average Bonchev–Trinajstić information content (AvgIpc) is 2.44. The van der Waals surface area contributed by atoms with E-state index in [1.807, 2.05) is 0 Å². The quantitative estimate of drug-likeness (QED) is 0.805. The minimum atomic E-state index is -2.78. The molecule has 0 atom stereocenters. The number of hydrogen-bond donors (Lipinski definition) is 3. The molecular formula is C13H17N3O3S. The number of aromatic nitrogens is 2. The van der Waals surface area contributed by atoms with E-state index in [9.17, 15) is 13.9 Å². The van der Waals surface area contributed by atoms with E-state index in [1.54, 1.807) is 44.4 Å². The summed E-state index contributed by atoms with van der Waals surface area (Å²) in [7, 11) is -1.19. The smallest absolute Gasteiger partial charge is 0.292 e. The molecular weight excluding hydrogens is 278 g/mol. The summed E-state index contributed by atoms with van der Waals surface area (Å²) in [4.78, 5) is 16.0. The van der Waals surface area contributed by atoms with Crippen LogP contribution in [0.5, 0.6) is 0 Å². The van der Waals surface area contributed by atoms with E-state index >= 15 is 0 Å². The van der Waals surface area contributed by atoms with Gasteiger partial charge < -0.3 is 10.3 Å². The van der Waals surface area contributed by atoms with Crippen LogP contribution in [-0.4, -0.2) is 24.4 Å². The molecule has 0 aliphatic heterocycles. The highest BCUT2D eigenvalue weighted by Crippen LogP contribution is 2.48. The summed E-state index contributed by atoms with van der Waals surface area (Å²) in [6.07, 6.45) is 1.56. The zero-order chi connectivity index (χ0) is 14.9. The Bertz CT molecular complexity index is 671. The number of aryl methyl sites for hydroxylation is 1. The van der Waals surface area contributed by atoms with Gasteiger partial charge in [-0.3, -0.25) is 13.9 Å². The molecule has 4 N–H and O–H groups in total. The normalized spacial score (nSPS) is 12.4. The maximum atomic E-state index is 11.5. The number of rotatable bonds is 3. The van der Waals surface area contributed by atoms with Crippen LogP contribution < -0.4 is 11.3 Å². The van der Waals surface area contributed by atoms with E-state index in [-0.39, 0.29) is 17.1 Å². The lowest BCUT2D eigenvalue weighted by Crippen LogP contribution is -2.21. The minimum absolute atomic E-state index is 0.0856. The first-order valence-corrected chi connectivity index (χ1v) is 7.76. The molecule has 0 aliphatic rings. The zero-order valence-corrected chi connectivity index (χ0v) is 12.1.